The van der Waals surface area contributed by atoms with Crippen molar-refractivity contribution in [1.29, 1.82) is 0 Å². The molecule has 3 aromatic rings. The summed E-state index contributed by atoms with van der Waals surface area (Å²) in [5.74, 6) is 1.04. The second-order valence-corrected chi connectivity index (χ2v) is 8.93. The van der Waals surface area contributed by atoms with E-state index in [0.29, 0.717) is 29.4 Å². The van der Waals surface area contributed by atoms with Gasteiger partial charge in [0.25, 0.3) is 17.2 Å². The molecule has 2 aliphatic rings. The number of nitrogens with zero attached hydrogens (tertiary/aromatic N) is 3. The molecule has 0 unspecified atom stereocenters. The monoisotopic (exact) mass is 461 g/mol. The van der Waals surface area contributed by atoms with Gasteiger partial charge in [-0.1, -0.05) is 36.8 Å². The summed E-state index contributed by atoms with van der Waals surface area (Å²) >= 11 is 0. The second-order valence-electron chi connectivity index (χ2n) is 8.93. The van der Waals surface area contributed by atoms with Gasteiger partial charge >= 0.3 is 0 Å². The molecule has 9 heteroatoms. The number of hydrogen-bond acceptors (Lipinski definition) is 6. The van der Waals surface area contributed by atoms with Crippen molar-refractivity contribution in [2.75, 3.05) is 13.2 Å². The van der Waals surface area contributed by atoms with Crippen LogP contribution in [0.3, 0.4) is 0 Å². The zero-order valence-electron chi connectivity index (χ0n) is 18.8. The highest BCUT2D eigenvalue weighted by Crippen LogP contribution is 2.39. The summed E-state index contributed by atoms with van der Waals surface area (Å²) in [4.78, 5) is 34.3. The van der Waals surface area contributed by atoms with E-state index in [0.717, 1.165) is 37.7 Å². The normalized spacial score (nSPS) is 16.7. The van der Waals surface area contributed by atoms with Crippen LogP contribution in [0.5, 0.6) is 5.75 Å². The van der Waals surface area contributed by atoms with Crippen molar-refractivity contribution in [3.63, 3.8) is 0 Å². The summed E-state index contributed by atoms with van der Waals surface area (Å²) < 4.78 is 7.21. The maximum absolute atomic E-state index is 12.8. The number of rotatable bonds is 8. The molecule has 0 aliphatic heterocycles. The number of ether oxygens (including phenoxy) is 1. The van der Waals surface area contributed by atoms with Gasteiger partial charge in [0, 0.05) is 18.0 Å². The van der Waals surface area contributed by atoms with Crippen LogP contribution in [0, 0.1) is 5.41 Å². The summed E-state index contributed by atoms with van der Waals surface area (Å²) in [5.41, 5.74) is 1.35. The summed E-state index contributed by atoms with van der Waals surface area (Å²) in [6, 6.07) is 8.35. The van der Waals surface area contributed by atoms with Gasteiger partial charge in [-0.2, -0.15) is 9.50 Å². The summed E-state index contributed by atoms with van der Waals surface area (Å²) in [7, 11) is 0. The lowest BCUT2D eigenvalue weighted by Gasteiger charge is -2.40. The van der Waals surface area contributed by atoms with Crippen LogP contribution in [-0.2, 0) is 6.61 Å². The fourth-order valence-corrected chi connectivity index (χ4v) is 4.31. The maximum atomic E-state index is 12.8. The Morgan fingerprint density at radius 2 is 2.12 bits per heavy atom. The number of fused-ring (bicyclic) bond motifs is 1. The predicted molar refractivity (Wildman–Crippen MR) is 126 cm³/mol. The van der Waals surface area contributed by atoms with E-state index in [1.165, 1.54) is 10.6 Å². The number of aromatic nitrogens is 4. The highest BCUT2D eigenvalue weighted by Gasteiger charge is 2.36. The molecule has 2 aliphatic carbocycles. The fourth-order valence-electron chi connectivity index (χ4n) is 4.31. The molecule has 1 saturated carbocycles. The number of hydrogen-bond donors (Lipinski definition) is 3. The molecule has 0 saturated heterocycles. The maximum Gasteiger partial charge on any atom is 0.274 e. The minimum absolute atomic E-state index is 0.0181. The smallest absolute Gasteiger partial charge is 0.274 e. The van der Waals surface area contributed by atoms with Crippen LogP contribution in [-0.4, -0.2) is 43.7 Å². The molecular weight excluding hydrogens is 434 g/mol. The number of benzene rings is 1. The van der Waals surface area contributed by atoms with Gasteiger partial charge in [-0.15, -0.1) is 0 Å². The first-order chi connectivity index (χ1) is 16.6. The topological polar surface area (TPSA) is 122 Å². The van der Waals surface area contributed by atoms with Gasteiger partial charge in [-0.3, -0.25) is 14.7 Å². The van der Waals surface area contributed by atoms with E-state index in [1.807, 2.05) is 12.2 Å². The number of para-hydroxylation sites is 1. The number of carbonyl (C=O) groups is 1. The van der Waals surface area contributed by atoms with E-state index >= 15 is 0 Å². The summed E-state index contributed by atoms with van der Waals surface area (Å²) in [6.45, 7) is 0.515. The number of H-pyrrole nitrogens is 1. The van der Waals surface area contributed by atoms with E-state index in [4.69, 9.17) is 4.74 Å². The number of allylic oxidation sites excluding steroid dienone is 4. The molecule has 34 heavy (non-hydrogen) atoms. The van der Waals surface area contributed by atoms with Crippen molar-refractivity contribution < 1.29 is 14.6 Å². The Kier molecular flexibility index (Phi) is 6.02. The van der Waals surface area contributed by atoms with E-state index in [9.17, 15) is 14.7 Å². The Hall–Kier alpha value is -3.72. The first kappa shape index (κ1) is 22.1. The number of amides is 1. The van der Waals surface area contributed by atoms with Gasteiger partial charge in [0.2, 0.25) is 0 Å². The molecule has 3 N–H and O–H groups in total. The van der Waals surface area contributed by atoms with Gasteiger partial charge < -0.3 is 15.2 Å². The molecule has 0 radical (unpaired) electrons. The number of aliphatic hydroxyl groups excluding tert-OH is 1. The SMILES string of the molecule is O=C(NCC1(CO)CCC1)c1ccccc1OCc1cc(=O)n2[nH]c(C3=CC=CCC3)nc2n1. The van der Waals surface area contributed by atoms with E-state index < -0.39 is 0 Å². The molecule has 1 amide bonds. The largest absolute Gasteiger partial charge is 0.486 e. The Balaban J connectivity index is 1.31. The first-order valence-corrected chi connectivity index (χ1v) is 11.5. The van der Waals surface area contributed by atoms with Gasteiger partial charge in [0.1, 0.15) is 12.4 Å². The van der Waals surface area contributed by atoms with Gasteiger partial charge in [0.15, 0.2) is 5.82 Å². The van der Waals surface area contributed by atoms with E-state index in [1.54, 1.807) is 24.3 Å². The minimum Gasteiger partial charge on any atom is -0.486 e. The average Bonchev–Trinajstić information content (AvgIpc) is 3.28. The van der Waals surface area contributed by atoms with Crippen molar-refractivity contribution in [3.8, 4) is 5.75 Å². The van der Waals surface area contributed by atoms with Gasteiger partial charge in [-0.25, -0.2) is 4.98 Å². The molecular formula is C25H27N5O4. The third-order valence-electron chi connectivity index (χ3n) is 6.58. The minimum atomic E-state index is -0.282. The number of aliphatic hydroxyl groups is 1. The lowest BCUT2D eigenvalue weighted by Crippen LogP contribution is -2.44. The van der Waals surface area contributed by atoms with Crippen LogP contribution in [0.4, 0.5) is 0 Å². The molecule has 0 spiro atoms. The Labute approximate surface area is 196 Å². The molecule has 2 heterocycles. The Morgan fingerprint density at radius 3 is 2.85 bits per heavy atom. The number of nitrogens with one attached hydrogen (secondary N) is 2. The highest BCUT2D eigenvalue weighted by atomic mass is 16.5. The molecule has 5 rings (SSSR count). The highest BCUT2D eigenvalue weighted by molar-refractivity contribution is 5.96. The van der Waals surface area contributed by atoms with Crippen molar-refractivity contribution in [2.24, 2.45) is 5.41 Å². The summed E-state index contributed by atoms with van der Waals surface area (Å²) in [6.07, 6.45) is 10.7. The zero-order valence-corrected chi connectivity index (χ0v) is 18.8. The molecule has 9 nitrogen and oxygen atoms in total. The van der Waals surface area contributed by atoms with Crippen molar-refractivity contribution in [1.82, 2.24) is 24.9 Å². The first-order valence-electron chi connectivity index (χ1n) is 11.5. The van der Waals surface area contributed by atoms with E-state index in [2.05, 4.69) is 26.5 Å². The molecule has 1 fully saturated rings. The predicted octanol–water partition coefficient (Wildman–Crippen LogP) is 2.62. The average molecular weight is 462 g/mol. The molecule has 2 aromatic heterocycles. The Bertz CT molecular complexity index is 1330. The van der Waals surface area contributed by atoms with Crippen LogP contribution < -0.4 is 15.6 Å². The second kappa shape index (κ2) is 9.26. The van der Waals surface area contributed by atoms with Crippen LogP contribution in [0.1, 0.15) is 54.0 Å². The van der Waals surface area contributed by atoms with Crippen LogP contribution in [0.2, 0.25) is 0 Å². The third kappa shape index (κ3) is 4.38. The van der Waals surface area contributed by atoms with Crippen molar-refractivity contribution >= 4 is 17.3 Å². The molecule has 1 aromatic carbocycles. The molecule has 176 valence electrons. The van der Waals surface area contributed by atoms with Crippen LogP contribution in [0.15, 0.2) is 53.4 Å². The molecule has 0 atom stereocenters. The fraction of sp³-hybridized carbons (Fsp3) is 0.360. The van der Waals surface area contributed by atoms with Crippen LogP contribution in [0.25, 0.3) is 11.4 Å². The van der Waals surface area contributed by atoms with Crippen LogP contribution >= 0.6 is 0 Å². The van der Waals surface area contributed by atoms with Gasteiger partial charge in [0.05, 0.1) is 17.9 Å². The zero-order chi connectivity index (χ0) is 23.5. The van der Waals surface area contributed by atoms with Crippen molar-refractivity contribution in [3.05, 3.63) is 76.0 Å². The third-order valence-corrected chi connectivity index (χ3v) is 6.58. The van der Waals surface area contributed by atoms with Crippen molar-refractivity contribution in [2.45, 2.75) is 38.7 Å². The Morgan fingerprint density at radius 1 is 1.26 bits per heavy atom. The van der Waals surface area contributed by atoms with E-state index in [-0.39, 0.29) is 35.9 Å². The van der Waals surface area contributed by atoms with Gasteiger partial charge in [-0.05, 0) is 43.4 Å². The lowest BCUT2D eigenvalue weighted by atomic mass is 9.69. The number of carbonyl (C=O) groups excluding carboxylic acids is 1. The lowest BCUT2D eigenvalue weighted by molar-refractivity contribution is 0.0428. The standard InChI is InChI=1S/C25H27N5O4/c31-16-25(11-6-12-25)15-26-23(33)19-9-4-5-10-20(19)34-14-18-13-21(32)30-24(27-18)28-22(29-30)17-7-2-1-3-8-17/h1-2,4-5,7,9-10,13,31H,3,6,8,11-12,14-16H2,(H,26,33)(H,27,28,29). The quantitative estimate of drug-likeness (QED) is 0.474. The summed E-state index contributed by atoms with van der Waals surface area (Å²) in [5, 5.41) is 15.6. The number of aromatic amines is 1. The molecule has 0 bridgehead atoms.